The first-order valence-corrected chi connectivity index (χ1v) is 9.21. The minimum Gasteiger partial charge on any atom is -0.455 e. The van der Waals surface area contributed by atoms with Crippen molar-refractivity contribution in [3.05, 3.63) is 17.6 Å². The van der Waals surface area contributed by atoms with E-state index in [2.05, 4.69) is 5.32 Å². The molecule has 2 unspecified atom stereocenters. The summed E-state index contributed by atoms with van der Waals surface area (Å²) in [4.78, 5) is 11.5. The van der Waals surface area contributed by atoms with Crippen molar-refractivity contribution in [1.82, 2.24) is 5.32 Å². The van der Waals surface area contributed by atoms with Crippen molar-refractivity contribution in [3.63, 3.8) is 0 Å². The second-order valence-electron chi connectivity index (χ2n) is 3.99. The summed E-state index contributed by atoms with van der Waals surface area (Å²) >= 11 is 0. The number of aryl methyl sites for hydroxylation is 1. The Labute approximate surface area is 118 Å². The monoisotopic (exact) mass is 327 g/mol. The Balaban J connectivity index is 2.82. The van der Waals surface area contributed by atoms with Crippen molar-refractivity contribution in [2.24, 2.45) is 0 Å². The molecule has 0 aliphatic heterocycles. The van der Waals surface area contributed by atoms with E-state index in [1.807, 2.05) is 0 Å². The van der Waals surface area contributed by atoms with Crippen molar-refractivity contribution in [1.29, 1.82) is 0 Å². The molecule has 0 saturated heterocycles. The van der Waals surface area contributed by atoms with Gasteiger partial charge in [-0.1, -0.05) is 0 Å². The second kappa shape index (κ2) is 6.06. The molecule has 0 bridgehead atoms. The van der Waals surface area contributed by atoms with Crippen molar-refractivity contribution >= 4 is 36.4 Å². The lowest BCUT2D eigenvalue weighted by Crippen LogP contribution is -2.32. The highest BCUT2D eigenvalue weighted by molar-refractivity contribution is 8.13. The summed E-state index contributed by atoms with van der Waals surface area (Å²) < 4.78 is 38.5. The van der Waals surface area contributed by atoms with E-state index in [9.17, 15) is 17.4 Å². The number of carbonyl (C=O) groups excluding carboxylic acids is 1. The van der Waals surface area contributed by atoms with Crippen LogP contribution < -0.4 is 5.32 Å². The largest absolute Gasteiger partial charge is 0.455 e. The molecule has 9 heteroatoms. The fourth-order valence-electron chi connectivity index (χ4n) is 1.26. The maximum Gasteiger partial charge on any atom is 0.287 e. The molecule has 0 aromatic carbocycles. The number of hydrogen-bond acceptors (Lipinski definition) is 5. The van der Waals surface area contributed by atoms with Crippen LogP contribution in [0.4, 0.5) is 0 Å². The summed E-state index contributed by atoms with van der Waals surface area (Å²) in [6.45, 7) is 3.32. The highest BCUT2D eigenvalue weighted by atomic mass is 35.7. The predicted molar refractivity (Wildman–Crippen MR) is 72.3 cm³/mol. The van der Waals surface area contributed by atoms with E-state index in [-0.39, 0.29) is 28.2 Å². The van der Waals surface area contributed by atoms with Crippen molar-refractivity contribution in [2.45, 2.75) is 24.0 Å². The number of halogens is 1. The van der Waals surface area contributed by atoms with Crippen LogP contribution in [0.1, 0.15) is 23.2 Å². The molecule has 0 saturated carbocycles. The minimum absolute atomic E-state index is 0.0484. The molecule has 1 aromatic heterocycles. The van der Waals surface area contributed by atoms with Gasteiger partial charge in [-0.3, -0.25) is 9.00 Å². The molecule has 0 radical (unpaired) electrons. The third-order valence-electron chi connectivity index (χ3n) is 2.48. The molecule has 0 spiro atoms. The molecule has 0 aliphatic carbocycles. The summed E-state index contributed by atoms with van der Waals surface area (Å²) in [7, 11) is 0.191. The van der Waals surface area contributed by atoms with Gasteiger partial charge in [-0.15, -0.1) is 0 Å². The fraction of sp³-hybridized carbons (Fsp3) is 0.500. The predicted octanol–water partition coefficient (Wildman–Crippen LogP) is 1.01. The third kappa shape index (κ3) is 4.32. The first-order chi connectivity index (χ1) is 8.62. The average molecular weight is 328 g/mol. The molecule has 1 rings (SSSR count). The van der Waals surface area contributed by atoms with Crippen LogP contribution in [0.2, 0.25) is 0 Å². The van der Waals surface area contributed by atoms with E-state index >= 15 is 0 Å². The maximum absolute atomic E-state index is 11.7. The summed E-state index contributed by atoms with van der Waals surface area (Å²) in [5.41, 5.74) is 0. The average Bonchev–Trinajstić information content (AvgIpc) is 2.67. The SMILES string of the molecule is Cc1oc(C(=O)NCC(C)S(C)=O)cc1S(=O)(=O)Cl. The standard InChI is InChI=1S/C10H14ClNO5S2/c1-6(18(3)14)5-12-10(13)8-4-9(7(2)17-8)19(11,15)16/h4,6H,5H2,1-3H3,(H,12,13). The molecule has 0 fully saturated rings. The van der Waals surface area contributed by atoms with Gasteiger partial charge in [-0.05, 0) is 13.8 Å². The van der Waals surface area contributed by atoms with E-state index in [0.29, 0.717) is 0 Å². The summed E-state index contributed by atoms with van der Waals surface area (Å²) in [5.74, 6) is -0.676. The molecular formula is C10H14ClNO5S2. The molecule has 1 aromatic rings. The Morgan fingerprint density at radius 2 is 2.16 bits per heavy atom. The smallest absolute Gasteiger partial charge is 0.287 e. The van der Waals surface area contributed by atoms with E-state index in [1.54, 1.807) is 6.92 Å². The summed E-state index contributed by atoms with van der Waals surface area (Å²) in [5, 5.41) is 2.30. The minimum atomic E-state index is -3.94. The van der Waals surface area contributed by atoms with Crippen molar-refractivity contribution < 1.29 is 21.8 Å². The molecule has 0 aliphatic rings. The molecule has 2 atom stereocenters. The van der Waals surface area contributed by atoms with E-state index in [4.69, 9.17) is 15.1 Å². The first-order valence-electron chi connectivity index (χ1n) is 5.28. The molecule has 6 nitrogen and oxygen atoms in total. The van der Waals surface area contributed by atoms with Crippen LogP contribution in [-0.2, 0) is 19.9 Å². The number of nitrogens with one attached hydrogen (secondary N) is 1. The van der Waals surface area contributed by atoms with E-state index in [0.717, 1.165) is 6.07 Å². The molecule has 19 heavy (non-hydrogen) atoms. The molecule has 1 N–H and O–H groups in total. The zero-order valence-corrected chi connectivity index (χ0v) is 13.0. The lowest BCUT2D eigenvalue weighted by Gasteiger charge is -2.08. The van der Waals surface area contributed by atoms with Gasteiger partial charge in [0.2, 0.25) is 0 Å². The number of furan rings is 1. The maximum atomic E-state index is 11.7. The van der Waals surface area contributed by atoms with Gasteiger partial charge < -0.3 is 9.73 Å². The Bertz CT molecular complexity index is 607. The molecule has 108 valence electrons. The molecule has 1 heterocycles. The number of amides is 1. The lowest BCUT2D eigenvalue weighted by atomic mass is 10.4. The summed E-state index contributed by atoms with van der Waals surface area (Å²) in [6, 6.07) is 1.07. The topological polar surface area (TPSA) is 93.4 Å². The van der Waals surface area contributed by atoms with Crippen LogP contribution in [0.25, 0.3) is 0 Å². The van der Waals surface area contributed by atoms with Crippen LogP contribution in [0.15, 0.2) is 15.4 Å². The zero-order chi connectivity index (χ0) is 14.8. The van der Waals surface area contributed by atoms with E-state index < -0.39 is 25.8 Å². The Kier molecular flexibility index (Phi) is 5.17. The Morgan fingerprint density at radius 1 is 1.58 bits per heavy atom. The van der Waals surface area contributed by atoms with Gasteiger partial charge in [0.15, 0.2) is 5.76 Å². The van der Waals surface area contributed by atoms with Gasteiger partial charge in [0.25, 0.3) is 15.0 Å². The third-order valence-corrected chi connectivity index (χ3v) is 5.20. The van der Waals surface area contributed by atoms with Crippen LogP contribution in [0.3, 0.4) is 0 Å². The van der Waals surface area contributed by atoms with Crippen LogP contribution in [-0.4, -0.2) is 36.6 Å². The highest BCUT2D eigenvalue weighted by Crippen LogP contribution is 2.23. The fourth-order valence-corrected chi connectivity index (χ4v) is 2.67. The van der Waals surface area contributed by atoms with E-state index in [1.165, 1.54) is 13.2 Å². The number of carbonyl (C=O) groups is 1. The normalized spacial score (nSPS) is 14.9. The summed E-state index contributed by atoms with van der Waals surface area (Å²) in [6.07, 6.45) is 1.53. The molecule has 1 amide bonds. The van der Waals surface area contributed by atoms with Gasteiger partial charge in [0.05, 0.1) is 0 Å². The number of rotatable bonds is 5. The van der Waals surface area contributed by atoms with Gasteiger partial charge >= 0.3 is 0 Å². The van der Waals surface area contributed by atoms with Gasteiger partial charge in [-0.2, -0.15) is 0 Å². The van der Waals surface area contributed by atoms with Crippen molar-refractivity contribution in [3.8, 4) is 0 Å². The Morgan fingerprint density at radius 3 is 2.58 bits per heavy atom. The van der Waals surface area contributed by atoms with Crippen LogP contribution in [0.5, 0.6) is 0 Å². The highest BCUT2D eigenvalue weighted by Gasteiger charge is 2.22. The van der Waals surface area contributed by atoms with Gasteiger partial charge in [0.1, 0.15) is 10.7 Å². The van der Waals surface area contributed by atoms with Crippen LogP contribution in [0, 0.1) is 6.92 Å². The molecular weight excluding hydrogens is 314 g/mol. The lowest BCUT2D eigenvalue weighted by molar-refractivity contribution is 0.0925. The Hall–Kier alpha value is -0.860. The van der Waals surface area contributed by atoms with Gasteiger partial charge in [0, 0.05) is 45.6 Å². The van der Waals surface area contributed by atoms with Crippen molar-refractivity contribution in [2.75, 3.05) is 12.8 Å². The first kappa shape index (κ1) is 16.2. The quantitative estimate of drug-likeness (QED) is 0.815. The zero-order valence-electron chi connectivity index (χ0n) is 10.6. The second-order valence-corrected chi connectivity index (χ2v) is 8.32. The van der Waals surface area contributed by atoms with Crippen LogP contribution >= 0.6 is 10.7 Å². The number of hydrogen-bond donors (Lipinski definition) is 1. The van der Waals surface area contributed by atoms with Gasteiger partial charge in [-0.25, -0.2) is 8.42 Å².